The van der Waals surface area contributed by atoms with Crippen molar-refractivity contribution in [2.45, 2.75) is 19.8 Å². The van der Waals surface area contributed by atoms with E-state index < -0.39 is 5.82 Å². The first-order valence-electron chi connectivity index (χ1n) is 5.46. The molecular formula is C12H14ClFN2O2. The van der Waals surface area contributed by atoms with Crippen LogP contribution in [0.25, 0.3) is 0 Å². The minimum absolute atomic E-state index is 0.0395. The molecule has 0 heterocycles. The van der Waals surface area contributed by atoms with Crippen molar-refractivity contribution >= 4 is 34.8 Å². The van der Waals surface area contributed by atoms with Gasteiger partial charge in [-0.1, -0.05) is 0 Å². The summed E-state index contributed by atoms with van der Waals surface area (Å²) in [6.45, 7) is 1.28. The van der Waals surface area contributed by atoms with Crippen molar-refractivity contribution in [1.82, 2.24) is 0 Å². The smallest absolute Gasteiger partial charge is 0.224 e. The third-order valence-electron chi connectivity index (χ3n) is 2.10. The number of benzene rings is 1. The summed E-state index contributed by atoms with van der Waals surface area (Å²) in [7, 11) is 0. The highest BCUT2D eigenvalue weighted by molar-refractivity contribution is 6.18. The third kappa shape index (κ3) is 4.71. The fourth-order valence-corrected chi connectivity index (χ4v) is 1.47. The van der Waals surface area contributed by atoms with E-state index in [4.69, 9.17) is 11.6 Å². The van der Waals surface area contributed by atoms with Crippen LogP contribution in [0.3, 0.4) is 0 Å². The lowest BCUT2D eigenvalue weighted by Crippen LogP contribution is -2.12. The first kappa shape index (κ1) is 14.4. The van der Waals surface area contributed by atoms with Crippen molar-refractivity contribution in [3.63, 3.8) is 0 Å². The standard InChI is InChI=1S/C12H14ClFN2O2/c1-8(17)15-11-7-9(4-5-10(11)14)16-12(18)3-2-6-13/h4-5,7H,2-3,6H2,1H3,(H,15,17)(H,16,18). The summed E-state index contributed by atoms with van der Waals surface area (Å²) in [4.78, 5) is 22.3. The number of carbonyl (C=O) groups is 2. The number of rotatable bonds is 5. The van der Waals surface area contributed by atoms with Gasteiger partial charge < -0.3 is 10.6 Å². The van der Waals surface area contributed by atoms with Gasteiger partial charge in [0, 0.05) is 24.9 Å². The van der Waals surface area contributed by atoms with Gasteiger partial charge in [-0.3, -0.25) is 9.59 Å². The average Bonchev–Trinajstić information content (AvgIpc) is 2.30. The van der Waals surface area contributed by atoms with Crippen LogP contribution >= 0.6 is 11.6 Å². The molecule has 1 aromatic rings. The van der Waals surface area contributed by atoms with Gasteiger partial charge in [-0.2, -0.15) is 0 Å². The van der Waals surface area contributed by atoms with Crippen LogP contribution < -0.4 is 10.6 Å². The number of alkyl halides is 1. The minimum Gasteiger partial charge on any atom is -0.326 e. The molecule has 98 valence electrons. The van der Waals surface area contributed by atoms with Crippen LogP contribution in [0.1, 0.15) is 19.8 Å². The molecule has 2 amide bonds. The predicted molar refractivity (Wildman–Crippen MR) is 69.3 cm³/mol. The second-order valence-corrected chi connectivity index (χ2v) is 4.09. The fraction of sp³-hybridized carbons (Fsp3) is 0.333. The van der Waals surface area contributed by atoms with Crippen molar-refractivity contribution < 1.29 is 14.0 Å². The minimum atomic E-state index is -0.552. The normalized spacial score (nSPS) is 9.94. The van der Waals surface area contributed by atoms with E-state index in [2.05, 4.69) is 10.6 Å². The molecule has 0 aliphatic carbocycles. The molecular weight excluding hydrogens is 259 g/mol. The average molecular weight is 273 g/mol. The lowest BCUT2D eigenvalue weighted by molar-refractivity contribution is -0.116. The Morgan fingerprint density at radius 1 is 1.33 bits per heavy atom. The van der Waals surface area contributed by atoms with Crippen molar-refractivity contribution in [3.8, 4) is 0 Å². The van der Waals surface area contributed by atoms with Crippen molar-refractivity contribution in [2.75, 3.05) is 16.5 Å². The highest BCUT2D eigenvalue weighted by Gasteiger charge is 2.07. The van der Waals surface area contributed by atoms with Gasteiger partial charge in [-0.25, -0.2) is 4.39 Å². The summed E-state index contributed by atoms with van der Waals surface area (Å²) in [5.41, 5.74) is 0.470. The maximum atomic E-state index is 13.3. The molecule has 0 atom stereocenters. The van der Waals surface area contributed by atoms with Crippen molar-refractivity contribution in [1.29, 1.82) is 0 Å². The molecule has 0 unspecified atom stereocenters. The van der Waals surface area contributed by atoms with Crippen molar-refractivity contribution in [3.05, 3.63) is 24.0 Å². The summed E-state index contributed by atoms with van der Waals surface area (Å²) in [5, 5.41) is 4.95. The van der Waals surface area contributed by atoms with Gasteiger partial charge in [0.2, 0.25) is 11.8 Å². The Balaban J connectivity index is 2.72. The largest absolute Gasteiger partial charge is 0.326 e. The Kier molecular flexibility index (Phi) is 5.58. The lowest BCUT2D eigenvalue weighted by atomic mass is 10.2. The Morgan fingerprint density at radius 2 is 2.06 bits per heavy atom. The number of amides is 2. The second kappa shape index (κ2) is 6.96. The Hall–Kier alpha value is -1.62. The van der Waals surface area contributed by atoms with Crippen LogP contribution in [0.4, 0.5) is 15.8 Å². The van der Waals surface area contributed by atoms with Gasteiger partial charge in [0.1, 0.15) is 5.82 Å². The van der Waals surface area contributed by atoms with Gasteiger partial charge in [-0.15, -0.1) is 11.6 Å². The summed E-state index contributed by atoms with van der Waals surface area (Å²) in [6.07, 6.45) is 0.878. The van der Waals surface area contributed by atoms with Gasteiger partial charge in [-0.05, 0) is 24.6 Å². The molecule has 6 heteroatoms. The maximum Gasteiger partial charge on any atom is 0.224 e. The first-order valence-corrected chi connectivity index (χ1v) is 5.99. The van der Waals surface area contributed by atoms with Gasteiger partial charge in [0.25, 0.3) is 0 Å². The monoisotopic (exact) mass is 272 g/mol. The zero-order valence-electron chi connectivity index (χ0n) is 9.93. The van der Waals surface area contributed by atoms with Crippen LogP contribution in [0.2, 0.25) is 0 Å². The number of anilines is 2. The molecule has 4 nitrogen and oxygen atoms in total. The number of hydrogen-bond acceptors (Lipinski definition) is 2. The van der Waals surface area contributed by atoms with E-state index in [0.717, 1.165) is 0 Å². The number of hydrogen-bond donors (Lipinski definition) is 2. The Morgan fingerprint density at radius 3 is 2.67 bits per heavy atom. The molecule has 0 saturated heterocycles. The summed E-state index contributed by atoms with van der Waals surface area (Å²) in [5.74, 6) is -0.715. The molecule has 0 bridgehead atoms. The summed E-state index contributed by atoms with van der Waals surface area (Å²) >= 11 is 5.47. The molecule has 18 heavy (non-hydrogen) atoms. The molecule has 0 radical (unpaired) electrons. The van der Waals surface area contributed by atoms with E-state index in [1.807, 2.05) is 0 Å². The molecule has 2 N–H and O–H groups in total. The second-order valence-electron chi connectivity index (χ2n) is 3.72. The van der Waals surface area contributed by atoms with Crippen molar-refractivity contribution in [2.24, 2.45) is 0 Å². The van der Waals surface area contributed by atoms with Crippen LogP contribution in [0.15, 0.2) is 18.2 Å². The molecule has 0 fully saturated rings. The van der Waals surface area contributed by atoms with E-state index in [1.165, 1.54) is 25.1 Å². The summed E-state index contributed by atoms with van der Waals surface area (Å²) < 4.78 is 13.3. The number of carbonyl (C=O) groups excluding carboxylic acids is 2. The SMILES string of the molecule is CC(=O)Nc1cc(NC(=O)CCCCl)ccc1F. The maximum absolute atomic E-state index is 13.3. The molecule has 1 rings (SSSR count). The van der Waals surface area contributed by atoms with Crippen LogP contribution in [-0.4, -0.2) is 17.7 Å². The molecule has 0 aliphatic rings. The summed E-state index contributed by atoms with van der Waals surface area (Å²) in [6, 6.07) is 3.98. The molecule has 0 saturated carbocycles. The Labute approximate surface area is 110 Å². The molecule has 0 aromatic heterocycles. The Bertz CT molecular complexity index is 452. The van der Waals surface area contributed by atoms with E-state index in [-0.39, 0.29) is 17.5 Å². The lowest BCUT2D eigenvalue weighted by Gasteiger charge is -2.08. The van der Waals surface area contributed by atoms with Crippen LogP contribution in [-0.2, 0) is 9.59 Å². The van der Waals surface area contributed by atoms with E-state index >= 15 is 0 Å². The van der Waals surface area contributed by atoms with E-state index in [9.17, 15) is 14.0 Å². The highest BCUT2D eigenvalue weighted by atomic mass is 35.5. The van der Waals surface area contributed by atoms with Gasteiger partial charge in [0.15, 0.2) is 0 Å². The molecule has 1 aromatic carbocycles. The zero-order chi connectivity index (χ0) is 13.5. The predicted octanol–water partition coefficient (Wildman–Crippen LogP) is 2.74. The van der Waals surface area contributed by atoms with E-state index in [0.29, 0.717) is 24.4 Å². The molecule has 0 aliphatic heterocycles. The zero-order valence-corrected chi connectivity index (χ0v) is 10.7. The highest BCUT2D eigenvalue weighted by Crippen LogP contribution is 2.19. The number of halogens is 2. The third-order valence-corrected chi connectivity index (χ3v) is 2.37. The number of nitrogens with one attached hydrogen (secondary N) is 2. The first-order chi connectivity index (χ1) is 8.52. The molecule has 0 spiro atoms. The van der Waals surface area contributed by atoms with Gasteiger partial charge in [0.05, 0.1) is 5.69 Å². The van der Waals surface area contributed by atoms with Crippen LogP contribution in [0, 0.1) is 5.82 Å². The van der Waals surface area contributed by atoms with Crippen LogP contribution in [0.5, 0.6) is 0 Å². The quantitative estimate of drug-likeness (QED) is 0.810. The van der Waals surface area contributed by atoms with Gasteiger partial charge >= 0.3 is 0 Å². The topological polar surface area (TPSA) is 58.2 Å². The fourth-order valence-electron chi connectivity index (χ4n) is 1.34. The van der Waals surface area contributed by atoms with E-state index in [1.54, 1.807) is 0 Å².